The first-order valence-electron chi connectivity index (χ1n) is 12.8. The van der Waals surface area contributed by atoms with Crippen LogP contribution in [0.5, 0.6) is 0 Å². The van der Waals surface area contributed by atoms with Crippen molar-refractivity contribution >= 4 is 45.2 Å². The zero-order valence-corrected chi connectivity index (χ0v) is 24.7. The monoisotopic (exact) mass is 619 g/mol. The number of amidine groups is 1. The van der Waals surface area contributed by atoms with E-state index in [1.807, 2.05) is 26.2 Å². The first-order valence-corrected chi connectivity index (χ1v) is 14.4. The second-order valence-corrected chi connectivity index (χ2v) is 12.9. The maximum absolute atomic E-state index is 13.9. The molecule has 3 aliphatic rings. The van der Waals surface area contributed by atoms with Gasteiger partial charge in [-0.15, -0.1) is 11.3 Å². The van der Waals surface area contributed by atoms with E-state index in [0.717, 1.165) is 13.1 Å². The lowest BCUT2D eigenvalue weighted by atomic mass is 9.73. The molecular weight excluding hydrogens is 589 g/mol. The Labute approximate surface area is 239 Å². The number of aromatic nitrogens is 1. The third kappa shape index (κ3) is 5.87. The van der Waals surface area contributed by atoms with E-state index >= 15 is 0 Å². The standard InChI is InChI=1S/C27H31BrFN5O4S/c1-5-37-24(35)20-19(11-33-12-27(13-33)14-34(15-27)25(36)38-26(2,3)4)31-22(23-30-8-9-39-23)32-21(20)17-7-6-16(29)10-18(17)28/h6-10,21H,5,11-15H2,1-4H3,(H,31,32). The number of nitrogens with one attached hydrogen (secondary N) is 1. The van der Waals surface area contributed by atoms with Gasteiger partial charge < -0.3 is 19.7 Å². The van der Waals surface area contributed by atoms with E-state index in [0.29, 0.717) is 51.8 Å². The van der Waals surface area contributed by atoms with E-state index in [1.165, 1.54) is 23.5 Å². The van der Waals surface area contributed by atoms with Gasteiger partial charge in [-0.1, -0.05) is 22.0 Å². The van der Waals surface area contributed by atoms with Crippen molar-refractivity contribution in [1.82, 2.24) is 20.1 Å². The average Bonchev–Trinajstić information content (AvgIpc) is 3.33. The number of likely N-dealkylation sites (tertiary alicyclic amines) is 2. The second-order valence-electron chi connectivity index (χ2n) is 11.1. The summed E-state index contributed by atoms with van der Waals surface area (Å²) < 4.78 is 25.4. The highest BCUT2D eigenvalue weighted by molar-refractivity contribution is 9.10. The van der Waals surface area contributed by atoms with Crippen LogP contribution in [0.15, 0.2) is 50.5 Å². The van der Waals surface area contributed by atoms with Crippen molar-refractivity contribution in [2.24, 2.45) is 10.4 Å². The molecule has 2 fully saturated rings. The Morgan fingerprint density at radius 3 is 2.62 bits per heavy atom. The fourth-order valence-corrected chi connectivity index (χ4v) is 6.38. The molecule has 4 heterocycles. The van der Waals surface area contributed by atoms with E-state index < -0.39 is 23.4 Å². The molecule has 0 aliphatic carbocycles. The molecular formula is C27H31BrFN5O4S. The minimum Gasteiger partial charge on any atom is -0.463 e. The van der Waals surface area contributed by atoms with Gasteiger partial charge in [-0.2, -0.15) is 0 Å². The minimum atomic E-state index is -0.712. The molecule has 1 spiro atoms. The van der Waals surface area contributed by atoms with Gasteiger partial charge in [0.05, 0.1) is 12.2 Å². The van der Waals surface area contributed by atoms with Crippen LogP contribution in [-0.4, -0.2) is 77.6 Å². The summed E-state index contributed by atoms with van der Waals surface area (Å²) >= 11 is 4.89. The van der Waals surface area contributed by atoms with Gasteiger partial charge in [-0.05, 0) is 45.4 Å². The summed E-state index contributed by atoms with van der Waals surface area (Å²) in [7, 11) is 0. The zero-order chi connectivity index (χ0) is 27.9. The summed E-state index contributed by atoms with van der Waals surface area (Å²) in [6.45, 7) is 10.9. The molecule has 2 saturated heterocycles. The third-order valence-corrected chi connectivity index (χ3v) is 8.18. The average molecular weight is 621 g/mol. The summed E-state index contributed by atoms with van der Waals surface area (Å²) in [5.74, 6) is -0.320. The van der Waals surface area contributed by atoms with Gasteiger partial charge >= 0.3 is 12.1 Å². The Hall–Kier alpha value is -2.83. The number of ether oxygens (including phenoxy) is 2. The highest BCUT2D eigenvalue weighted by atomic mass is 79.9. The first-order chi connectivity index (χ1) is 18.5. The lowest BCUT2D eigenvalue weighted by Crippen LogP contribution is -2.73. The largest absolute Gasteiger partial charge is 0.463 e. The molecule has 1 atom stereocenters. The molecule has 0 saturated carbocycles. The molecule has 1 aromatic carbocycles. The van der Waals surface area contributed by atoms with Gasteiger partial charge in [0.1, 0.15) is 17.5 Å². The number of hydrogen-bond donors (Lipinski definition) is 1. The van der Waals surface area contributed by atoms with Gasteiger partial charge in [0.15, 0.2) is 10.8 Å². The van der Waals surface area contributed by atoms with E-state index in [9.17, 15) is 14.0 Å². The first kappa shape index (κ1) is 27.7. The summed E-state index contributed by atoms with van der Waals surface area (Å²) in [4.78, 5) is 38.9. The highest BCUT2D eigenvalue weighted by Gasteiger charge is 2.54. The maximum Gasteiger partial charge on any atom is 0.410 e. The number of carbonyl (C=O) groups is 2. The van der Waals surface area contributed by atoms with Crippen molar-refractivity contribution in [3.63, 3.8) is 0 Å². The molecule has 2 aromatic rings. The number of halogens is 2. The van der Waals surface area contributed by atoms with Gasteiger partial charge in [0.25, 0.3) is 0 Å². The molecule has 1 unspecified atom stereocenters. The van der Waals surface area contributed by atoms with Crippen LogP contribution in [0.4, 0.5) is 9.18 Å². The van der Waals surface area contributed by atoms with Gasteiger partial charge in [0.2, 0.25) is 0 Å². The van der Waals surface area contributed by atoms with Crippen molar-refractivity contribution in [2.75, 3.05) is 39.3 Å². The Bertz CT molecular complexity index is 1330. The molecule has 208 valence electrons. The Balaban J connectivity index is 1.39. The highest BCUT2D eigenvalue weighted by Crippen LogP contribution is 2.42. The molecule has 12 heteroatoms. The normalized spacial score (nSPS) is 20.6. The number of carbonyl (C=O) groups excluding carboxylic acids is 2. The van der Waals surface area contributed by atoms with Crippen molar-refractivity contribution < 1.29 is 23.5 Å². The number of thiazole rings is 1. The van der Waals surface area contributed by atoms with E-state index in [-0.39, 0.29) is 18.1 Å². The number of hydrogen-bond acceptors (Lipinski definition) is 9. The molecule has 0 radical (unpaired) electrons. The Kier molecular flexibility index (Phi) is 7.55. The fraction of sp³-hybridized carbons (Fsp3) is 0.481. The van der Waals surface area contributed by atoms with Crippen LogP contribution in [0.25, 0.3) is 0 Å². The van der Waals surface area contributed by atoms with Gasteiger partial charge in [-0.3, -0.25) is 9.89 Å². The van der Waals surface area contributed by atoms with Gasteiger partial charge in [-0.25, -0.2) is 19.0 Å². The SMILES string of the molecule is CCOC(=O)C1=C(CN2CC3(C2)CN(C(=O)OC(C)(C)C)C3)NC(c2nccs2)=NC1c1ccc(F)cc1Br. The summed E-state index contributed by atoms with van der Waals surface area (Å²) in [6, 6.07) is 3.64. The quantitative estimate of drug-likeness (QED) is 0.475. The molecule has 0 bridgehead atoms. The number of amides is 1. The summed E-state index contributed by atoms with van der Waals surface area (Å²) in [5, 5.41) is 5.90. The molecule has 3 aliphatic heterocycles. The van der Waals surface area contributed by atoms with Crippen LogP contribution in [0, 0.1) is 11.2 Å². The summed E-state index contributed by atoms with van der Waals surface area (Å²) in [5.41, 5.74) is 1.21. The molecule has 1 N–H and O–H groups in total. The van der Waals surface area contributed by atoms with E-state index in [1.54, 1.807) is 24.1 Å². The number of aliphatic imine (C=N–C) groups is 1. The predicted octanol–water partition coefficient (Wildman–Crippen LogP) is 4.51. The van der Waals surface area contributed by atoms with Crippen molar-refractivity contribution in [1.29, 1.82) is 0 Å². The van der Waals surface area contributed by atoms with Crippen LogP contribution in [-0.2, 0) is 14.3 Å². The molecule has 9 nitrogen and oxygen atoms in total. The molecule has 39 heavy (non-hydrogen) atoms. The van der Waals surface area contributed by atoms with Crippen molar-refractivity contribution in [3.8, 4) is 0 Å². The van der Waals surface area contributed by atoms with Crippen LogP contribution < -0.4 is 5.32 Å². The number of nitrogens with zero attached hydrogens (tertiary/aromatic N) is 4. The Morgan fingerprint density at radius 1 is 1.26 bits per heavy atom. The lowest BCUT2D eigenvalue weighted by molar-refractivity contribution is -0.139. The summed E-state index contributed by atoms with van der Waals surface area (Å²) in [6.07, 6.45) is 1.41. The van der Waals surface area contributed by atoms with Crippen LogP contribution >= 0.6 is 27.3 Å². The van der Waals surface area contributed by atoms with Crippen molar-refractivity contribution in [3.05, 3.63) is 61.9 Å². The number of benzene rings is 1. The minimum absolute atomic E-state index is 0.0296. The molecule has 1 amide bonds. The fourth-order valence-electron chi connectivity index (χ4n) is 5.22. The van der Waals surface area contributed by atoms with Gasteiger partial charge in [0, 0.05) is 59.9 Å². The lowest BCUT2D eigenvalue weighted by Gasteiger charge is -2.60. The van der Waals surface area contributed by atoms with E-state index in [2.05, 4.69) is 31.1 Å². The topological polar surface area (TPSA) is 96.4 Å². The smallest absolute Gasteiger partial charge is 0.410 e. The third-order valence-electron chi connectivity index (χ3n) is 6.72. The maximum atomic E-state index is 13.9. The van der Waals surface area contributed by atoms with Crippen LogP contribution in [0.2, 0.25) is 0 Å². The van der Waals surface area contributed by atoms with Crippen LogP contribution in [0.1, 0.15) is 44.3 Å². The number of esters is 1. The van der Waals surface area contributed by atoms with Crippen LogP contribution in [0.3, 0.4) is 0 Å². The zero-order valence-electron chi connectivity index (χ0n) is 22.3. The molecule has 1 aromatic heterocycles. The second kappa shape index (κ2) is 10.6. The van der Waals surface area contributed by atoms with Crippen molar-refractivity contribution in [2.45, 2.75) is 39.3 Å². The number of rotatable bonds is 6. The molecule has 5 rings (SSSR count). The Morgan fingerprint density at radius 2 is 2.00 bits per heavy atom. The predicted molar refractivity (Wildman–Crippen MR) is 149 cm³/mol. The van der Waals surface area contributed by atoms with E-state index in [4.69, 9.17) is 14.5 Å².